The van der Waals surface area contributed by atoms with Crippen LogP contribution in [-0.4, -0.2) is 5.48 Å². The summed E-state index contributed by atoms with van der Waals surface area (Å²) in [5.74, 6) is 0.899. The summed E-state index contributed by atoms with van der Waals surface area (Å²) in [4.78, 5) is 0. The van der Waals surface area contributed by atoms with Crippen molar-refractivity contribution in [1.29, 1.82) is 0 Å². The maximum atomic E-state index is 5.25. The van der Waals surface area contributed by atoms with Crippen LogP contribution in [0, 0.1) is 6.61 Å². The Balaban J connectivity index is 0. The molecule has 0 atom stereocenters. The van der Waals surface area contributed by atoms with Crippen LogP contribution in [0.1, 0.15) is 33.3 Å². The van der Waals surface area contributed by atoms with Gasteiger partial charge >= 0.3 is 29.6 Å². The molecule has 0 aromatic heterocycles. The van der Waals surface area contributed by atoms with Crippen LogP contribution in [0.2, 0.25) is 0 Å². The van der Waals surface area contributed by atoms with E-state index in [1.165, 1.54) is 5.56 Å². The molecule has 0 aliphatic heterocycles. The minimum Gasteiger partial charge on any atom is -0.663 e. The van der Waals surface area contributed by atoms with Crippen molar-refractivity contribution in [3.8, 4) is 5.75 Å². The Labute approximate surface area is 115 Å². The summed E-state index contributed by atoms with van der Waals surface area (Å²) in [7, 11) is 0. The molecular formula is C12H19NaO2. The summed E-state index contributed by atoms with van der Waals surface area (Å²) >= 11 is 0. The zero-order chi connectivity index (χ0) is 9.90. The zero-order valence-corrected chi connectivity index (χ0v) is 12.3. The Hall–Kier alpha value is -0.0200. The van der Waals surface area contributed by atoms with Gasteiger partial charge in [0.15, 0.2) is 0 Å². The van der Waals surface area contributed by atoms with Gasteiger partial charge in [-0.2, -0.15) is 13.5 Å². The predicted octanol–water partition coefficient (Wildman–Crippen LogP) is -0.276. The van der Waals surface area contributed by atoms with Crippen molar-refractivity contribution in [3.05, 3.63) is 36.4 Å². The predicted molar refractivity (Wildman–Crippen MR) is 59.4 cm³/mol. The molecule has 2 N–H and O–H groups in total. The number of rotatable bonds is 2. The van der Waals surface area contributed by atoms with Crippen LogP contribution in [0.15, 0.2) is 24.3 Å². The second-order valence-electron chi connectivity index (χ2n) is 4.13. The van der Waals surface area contributed by atoms with Crippen molar-refractivity contribution in [2.24, 2.45) is 0 Å². The van der Waals surface area contributed by atoms with Crippen LogP contribution < -0.4 is 34.3 Å². The van der Waals surface area contributed by atoms with Gasteiger partial charge in [0.05, 0.1) is 5.75 Å². The normalized spacial score (nSPS) is 9.87. The fourth-order valence-corrected chi connectivity index (χ4v) is 1.17. The van der Waals surface area contributed by atoms with Gasteiger partial charge in [0.2, 0.25) is 0 Å². The Morgan fingerprint density at radius 3 is 1.87 bits per heavy atom. The van der Waals surface area contributed by atoms with Crippen LogP contribution in [0.3, 0.4) is 0 Å². The molecule has 0 unspecified atom stereocenters. The Bertz CT molecular complexity index is 262. The molecule has 0 fully saturated rings. The second-order valence-corrected chi connectivity index (χ2v) is 4.13. The number of hydrogen-bond acceptors (Lipinski definition) is 1. The summed E-state index contributed by atoms with van der Waals surface area (Å²) in [6.07, 6.45) is 0. The van der Waals surface area contributed by atoms with Gasteiger partial charge in [-0.25, -0.2) is 0 Å². The van der Waals surface area contributed by atoms with E-state index in [-0.39, 0.29) is 40.4 Å². The van der Waals surface area contributed by atoms with E-state index in [9.17, 15) is 0 Å². The minimum absolute atomic E-state index is 0. The fraction of sp³-hybridized carbons (Fsp3) is 0.417. The van der Waals surface area contributed by atoms with Gasteiger partial charge in [0.1, 0.15) is 0 Å². The van der Waals surface area contributed by atoms with Crippen LogP contribution in [-0.2, 0) is 5.41 Å². The van der Waals surface area contributed by atoms with Crippen LogP contribution in [0.25, 0.3) is 0 Å². The molecule has 0 aliphatic carbocycles. The number of benzene rings is 1. The van der Waals surface area contributed by atoms with E-state index in [4.69, 9.17) is 4.74 Å². The molecular weight excluding hydrogens is 199 g/mol. The first-order valence-corrected chi connectivity index (χ1v) is 4.59. The molecule has 0 saturated heterocycles. The Morgan fingerprint density at radius 2 is 1.53 bits per heavy atom. The molecule has 0 bridgehead atoms. The van der Waals surface area contributed by atoms with Crippen LogP contribution in [0.4, 0.5) is 0 Å². The standard InChI is InChI=1S/C12H17O.Na.H2O/c1-5-13-11-8-6-10(7-9-11)12(2,3)4;;/h5-9H,1-4H3;;1H2/q-1;+1;. The molecule has 3 heteroatoms. The topological polar surface area (TPSA) is 40.7 Å². The molecule has 0 amide bonds. The third kappa shape index (κ3) is 5.57. The molecule has 0 spiro atoms. The van der Waals surface area contributed by atoms with E-state index in [0.717, 1.165) is 5.75 Å². The van der Waals surface area contributed by atoms with Crippen molar-refractivity contribution >= 4 is 0 Å². The van der Waals surface area contributed by atoms with E-state index >= 15 is 0 Å². The van der Waals surface area contributed by atoms with Crippen LogP contribution in [0.5, 0.6) is 5.75 Å². The van der Waals surface area contributed by atoms with E-state index in [2.05, 4.69) is 32.9 Å². The van der Waals surface area contributed by atoms with E-state index in [0.29, 0.717) is 0 Å². The first-order chi connectivity index (χ1) is 6.04. The Morgan fingerprint density at radius 1 is 1.07 bits per heavy atom. The molecule has 15 heavy (non-hydrogen) atoms. The van der Waals surface area contributed by atoms with E-state index in [1.54, 1.807) is 6.61 Å². The fourth-order valence-electron chi connectivity index (χ4n) is 1.17. The molecule has 0 saturated carbocycles. The number of ether oxygens (including phenoxy) is 1. The van der Waals surface area contributed by atoms with Crippen molar-refractivity contribution in [3.63, 3.8) is 0 Å². The molecule has 0 aliphatic rings. The minimum atomic E-state index is 0. The third-order valence-corrected chi connectivity index (χ3v) is 1.97. The van der Waals surface area contributed by atoms with Crippen molar-refractivity contribution in [2.75, 3.05) is 0 Å². The first kappa shape index (κ1) is 17.4. The van der Waals surface area contributed by atoms with E-state index in [1.807, 2.05) is 19.1 Å². The molecule has 1 aromatic rings. The largest absolute Gasteiger partial charge is 1.00 e. The van der Waals surface area contributed by atoms with Gasteiger partial charge in [-0.1, -0.05) is 32.9 Å². The summed E-state index contributed by atoms with van der Waals surface area (Å²) in [5, 5.41) is 0. The van der Waals surface area contributed by atoms with Crippen LogP contribution >= 0.6 is 0 Å². The number of hydrogen-bond donors (Lipinski definition) is 0. The van der Waals surface area contributed by atoms with Gasteiger partial charge in [0, 0.05) is 0 Å². The summed E-state index contributed by atoms with van der Waals surface area (Å²) < 4.78 is 5.25. The maximum Gasteiger partial charge on any atom is 1.00 e. The summed E-state index contributed by atoms with van der Waals surface area (Å²) in [6.45, 7) is 10.2. The zero-order valence-electron chi connectivity index (χ0n) is 10.3. The van der Waals surface area contributed by atoms with Gasteiger partial charge in [-0.15, -0.1) is 0 Å². The maximum absolute atomic E-state index is 5.25. The van der Waals surface area contributed by atoms with Gasteiger partial charge in [-0.3, -0.25) is 0 Å². The second kappa shape index (κ2) is 7.29. The molecule has 80 valence electrons. The van der Waals surface area contributed by atoms with E-state index < -0.39 is 0 Å². The molecule has 0 heterocycles. The Kier molecular flexibility index (Phi) is 8.44. The van der Waals surface area contributed by atoms with Crippen molar-refractivity contribution < 1.29 is 39.8 Å². The van der Waals surface area contributed by atoms with Gasteiger partial charge in [-0.05, 0) is 23.1 Å². The molecule has 2 nitrogen and oxygen atoms in total. The average Bonchev–Trinajstić information content (AvgIpc) is 2.04. The van der Waals surface area contributed by atoms with Crippen molar-refractivity contribution in [1.82, 2.24) is 0 Å². The quantitative estimate of drug-likeness (QED) is 0.497. The van der Waals surface area contributed by atoms with Gasteiger partial charge in [0.25, 0.3) is 0 Å². The average molecular weight is 218 g/mol. The first-order valence-electron chi connectivity index (χ1n) is 4.59. The summed E-state index contributed by atoms with van der Waals surface area (Å²) in [6, 6.07) is 8.22. The van der Waals surface area contributed by atoms with Crippen molar-refractivity contribution in [2.45, 2.75) is 33.1 Å². The molecule has 0 radical (unpaired) electrons. The van der Waals surface area contributed by atoms with Gasteiger partial charge < -0.3 is 10.2 Å². The summed E-state index contributed by atoms with van der Waals surface area (Å²) in [5.41, 5.74) is 1.55. The third-order valence-electron chi connectivity index (χ3n) is 1.97. The monoisotopic (exact) mass is 218 g/mol. The smallest absolute Gasteiger partial charge is 0.663 e. The molecule has 1 rings (SSSR count). The molecule has 1 aromatic carbocycles. The SMILES string of the molecule is C[CH-]Oc1ccc(C(C)(C)C)cc1.O.[Na+].